The van der Waals surface area contributed by atoms with Crippen molar-refractivity contribution in [1.29, 1.82) is 0 Å². The Morgan fingerprint density at radius 2 is 1.25 bits per heavy atom. The highest BCUT2D eigenvalue weighted by Gasteiger charge is 2.14. The van der Waals surface area contributed by atoms with E-state index in [1.165, 1.54) is 55.2 Å². The zero-order valence-corrected chi connectivity index (χ0v) is 31.2. The van der Waals surface area contributed by atoms with Crippen LogP contribution in [0.5, 0.6) is 0 Å². The maximum Gasteiger partial charge on any atom is 0.0657 e. The Balaban J connectivity index is 4.20. The van der Waals surface area contributed by atoms with Crippen molar-refractivity contribution < 1.29 is 9.47 Å². The third kappa shape index (κ3) is 25.4. The highest BCUT2D eigenvalue weighted by molar-refractivity contribution is 5.18. The van der Waals surface area contributed by atoms with Crippen LogP contribution >= 0.6 is 0 Å². The molecule has 3 atom stereocenters. The molecule has 0 aromatic heterocycles. The number of hydrogen-bond acceptors (Lipinski definition) is 2. The lowest BCUT2D eigenvalue weighted by Gasteiger charge is -2.20. The van der Waals surface area contributed by atoms with Crippen LogP contribution in [0.15, 0.2) is 83.6 Å². The monoisotopic (exact) mass is 609 g/mol. The first-order valence-corrected chi connectivity index (χ1v) is 17.5. The van der Waals surface area contributed by atoms with E-state index in [0.29, 0.717) is 11.8 Å². The molecule has 0 amide bonds. The Hall–Kier alpha value is -1.90. The molecule has 0 bridgehead atoms. The van der Waals surface area contributed by atoms with Gasteiger partial charge in [-0.25, -0.2) is 0 Å². The normalized spacial score (nSPS) is 16.7. The fraction of sp³-hybridized carbons (Fsp3) is 0.667. The molecule has 0 rings (SSSR count). The van der Waals surface area contributed by atoms with Gasteiger partial charge < -0.3 is 9.47 Å². The van der Waals surface area contributed by atoms with Crippen molar-refractivity contribution in [2.75, 3.05) is 14.2 Å². The van der Waals surface area contributed by atoms with E-state index >= 15 is 0 Å². The maximum absolute atomic E-state index is 5.50. The fourth-order valence-corrected chi connectivity index (χ4v) is 4.81. The molecule has 0 aliphatic carbocycles. The minimum absolute atomic E-state index is 0.0567. The van der Waals surface area contributed by atoms with Crippen molar-refractivity contribution in [3.8, 4) is 0 Å². The molecule has 2 nitrogen and oxygen atoms in total. The predicted octanol–water partition coefficient (Wildman–Crippen LogP) is 13.1. The summed E-state index contributed by atoms with van der Waals surface area (Å²) in [4.78, 5) is 0. The van der Waals surface area contributed by atoms with Crippen LogP contribution in [0.25, 0.3) is 0 Å². The minimum Gasteiger partial charge on any atom is -0.378 e. The van der Waals surface area contributed by atoms with Gasteiger partial charge in [-0.2, -0.15) is 0 Å². The molecule has 0 aliphatic rings. The molecule has 44 heavy (non-hydrogen) atoms. The van der Waals surface area contributed by atoms with E-state index in [2.05, 4.69) is 136 Å². The van der Waals surface area contributed by atoms with Gasteiger partial charge >= 0.3 is 0 Å². The van der Waals surface area contributed by atoms with Crippen molar-refractivity contribution in [3.63, 3.8) is 0 Å². The number of allylic oxidation sites excluding steroid dienone is 12. The van der Waals surface area contributed by atoms with Crippen LogP contribution in [0, 0.1) is 17.8 Å². The predicted molar refractivity (Wildman–Crippen MR) is 198 cm³/mol. The smallest absolute Gasteiger partial charge is 0.0657 e. The molecule has 0 aromatic carbocycles. The van der Waals surface area contributed by atoms with Crippen LogP contribution in [-0.2, 0) is 9.47 Å². The molecular weight excluding hydrogens is 536 g/mol. The average Bonchev–Trinajstić information content (AvgIpc) is 2.95. The number of hydrogen-bond donors (Lipinski definition) is 0. The zero-order chi connectivity index (χ0) is 33.4. The summed E-state index contributed by atoms with van der Waals surface area (Å²) in [5.41, 5.74) is 4.09. The Kier molecular flexibility index (Phi) is 23.3. The molecule has 0 aromatic rings. The summed E-state index contributed by atoms with van der Waals surface area (Å²) in [6, 6.07) is 0. The quantitative estimate of drug-likeness (QED) is 0.0801. The molecule has 0 saturated heterocycles. The SMILES string of the molecule is COC(C)(C)C/C=C/C(C)=C/CC/C(C)=C/C=C/C(C)C/C=C/C=C(\C)CCCC(C)CCCC(C)/C=C/CC(C)(C)OC. The minimum atomic E-state index is -0.0931. The van der Waals surface area contributed by atoms with Gasteiger partial charge in [-0.15, -0.1) is 0 Å². The van der Waals surface area contributed by atoms with E-state index in [1.807, 2.05) is 0 Å². The first kappa shape index (κ1) is 42.1. The first-order valence-electron chi connectivity index (χ1n) is 17.5. The topological polar surface area (TPSA) is 18.5 Å². The van der Waals surface area contributed by atoms with Crippen LogP contribution in [-0.4, -0.2) is 25.4 Å². The summed E-state index contributed by atoms with van der Waals surface area (Å²) in [6.45, 7) is 22.3. The van der Waals surface area contributed by atoms with Crippen molar-refractivity contribution in [3.05, 3.63) is 83.6 Å². The summed E-state index contributed by atoms with van der Waals surface area (Å²) in [6.07, 6.45) is 38.1. The second kappa shape index (κ2) is 24.3. The molecular formula is C42H72O2. The molecule has 0 radical (unpaired) electrons. The molecule has 0 N–H and O–H groups in total. The highest BCUT2D eigenvalue weighted by atomic mass is 16.5. The van der Waals surface area contributed by atoms with Gasteiger partial charge in [-0.05, 0) is 118 Å². The largest absolute Gasteiger partial charge is 0.378 e. The molecule has 2 heteroatoms. The zero-order valence-electron chi connectivity index (χ0n) is 31.2. The van der Waals surface area contributed by atoms with Gasteiger partial charge in [0.25, 0.3) is 0 Å². The summed E-state index contributed by atoms with van der Waals surface area (Å²) >= 11 is 0. The van der Waals surface area contributed by atoms with Gasteiger partial charge in [0.15, 0.2) is 0 Å². The third-order valence-corrected chi connectivity index (χ3v) is 8.64. The van der Waals surface area contributed by atoms with Gasteiger partial charge in [-0.3, -0.25) is 0 Å². The maximum atomic E-state index is 5.50. The second-order valence-corrected chi connectivity index (χ2v) is 14.6. The second-order valence-electron chi connectivity index (χ2n) is 14.6. The Morgan fingerprint density at radius 3 is 1.91 bits per heavy atom. The lowest BCUT2D eigenvalue weighted by atomic mass is 9.93. The number of rotatable bonds is 24. The van der Waals surface area contributed by atoms with E-state index in [-0.39, 0.29) is 11.2 Å². The summed E-state index contributed by atoms with van der Waals surface area (Å²) in [7, 11) is 3.57. The lowest BCUT2D eigenvalue weighted by molar-refractivity contribution is 0.0251. The van der Waals surface area contributed by atoms with Gasteiger partial charge in [0.05, 0.1) is 11.2 Å². The van der Waals surface area contributed by atoms with Gasteiger partial charge in [0, 0.05) is 14.2 Å². The molecule has 3 unspecified atom stereocenters. The van der Waals surface area contributed by atoms with Crippen molar-refractivity contribution in [2.24, 2.45) is 17.8 Å². The average molecular weight is 609 g/mol. The highest BCUT2D eigenvalue weighted by Crippen LogP contribution is 2.21. The number of methoxy groups -OCH3 is 2. The van der Waals surface area contributed by atoms with Crippen LogP contribution in [0.3, 0.4) is 0 Å². The first-order chi connectivity index (χ1) is 20.7. The van der Waals surface area contributed by atoms with Crippen LogP contribution in [0.2, 0.25) is 0 Å². The lowest BCUT2D eigenvalue weighted by Crippen LogP contribution is -2.20. The molecule has 0 saturated carbocycles. The van der Waals surface area contributed by atoms with E-state index in [4.69, 9.17) is 9.47 Å². The molecule has 0 spiro atoms. The van der Waals surface area contributed by atoms with E-state index < -0.39 is 0 Å². The summed E-state index contributed by atoms with van der Waals surface area (Å²) in [5, 5.41) is 0. The van der Waals surface area contributed by atoms with Gasteiger partial charge in [0.1, 0.15) is 0 Å². The number of ether oxygens (including phenoxy) is 2. The van der Waals surface area contributed by atoms with Crippen LogP contribution in [0.1, 0.15) is 140 Å². The summed E-state index contributed by atoms with van der Waals surface area (Å²) in [5.74, 6) is 2.01. The molecule has 0 aliphatic heterocycles. The van der Waals surface area contributed by atoms with Crippen molar-refractivity contribution >= 4 is 0 Å². The molecule has 0 heterocycles. The third-order valence-electron chi connectivity index (χ3n) is 8.64. The Morgan fingerprint density at radius 1 is 0.659 bits per heavy atom. The van der Waals surface area contributed by atoms with E-state index in [0.717, 1.165) is 38.0 Å². The molecule has 252 valence electrons. The summed E-state index contributed by atoms with van der Waals surface area (Å²) < 4.78 is 11.0. The Bertz CT molecular complexity index is 950. The van der Waals surface area contributed by atoms with Crippen LogP contribution < -0.4 is 0 Å². The standard InChI is InChI=1S/C42H72O2/c1-35(23-15-25-37(3)27-17-29-39(5)31-19-33-41(7,8)43-11)21-13-14-22-36(2)24-16-26-38(4)28-18-30-40(6)32-20-34-42(9,10)44-12/h13-15,19-20,22-23,25,29,31-32,35,38,40H,16-18,21,24,26-28,30,33-34H2,1-12H3/b14-13+,23-15+,31-19+,32-20+,36-22+,37-25+,39-29+. The van der Waals surface area contributed by atoms with E-state index in [9.17, 15) is 0 Å². The molecule has 0 fully saturated rings. The van der Waals surface area contributed by atoms with Gasteiger partial charge in [0.2, 0.25) is 0 Å². The fourth-order valence-electron chi connectivity index (χ4n) is 4.81. The Labute approximate surface area is 275 Å². The van der Waals surface area contributed by atoms with Crippen molar-refractivity contribution in [2.45, 2.75) is 151 Å². The van der Waals surface area contributed by atoms with Crippen molar-refractivity contribution in [1.82, 2.24) is 0 Å². The van der Waals surface area contributed by atoms with E-state index in [1.54, 1.807) is 14.2 Å². The van der Waals surface area contributed by atoms with Gasteiger partial charge in [-0.1, -0.05) is 124 Å². The van der Waals surface area contributed by atoms with Crippen LogP contribution in [0.4, 0.5) is 0 Å².